The zero-order valence-electron chi connectivity index (χ0n) is 10.5. The molecule has 1 aromatic heterocycles. The standard InChI is InChI=1S/C10H13ClN2O5S2/c1-6-2-3-12(8(6)5-14)20(17,18)9-4-7(13(15)16)10(11)19-9/h4,6,8,14H,2-3,5H2,1H3. The van der Waals surface area contributed by atoms with Gasteiger partial charge < -0.3 is 5.11 Å². The molecule has 1 aliphatic heterocycles. The van der Waals surface area contributed by atoms with Gasteiger partial charge in [0.25, 0.3) is 15.7 Å². The Bertz CT molecular complexity index is 630. The summed E-state index contributed by atoms with van der Waals surface area (Å²) in [5.41, 5.74) is -0.414. The fourth-order valence-corrected chi connectivity index (χ4v) is 5.77. The lowest BCUT2D eigenvalue weighted by molar-refractivity contribution is -0.384. The van der Waals surface area contributed by atoms with Gasteiger partial charge in [0.15, 0.2) is 4.34 Å². The zero-order valence-corrected chi connectivity index (χ0v) is 12.9. The topological polar surface area (TPSA) is 101 Å². The van der Waals surface area contributed by atoms with Crippen LogP contribution in [0.1, 0.15) is 13.3 Å². The van der Waals surface area contributed by atoms with Crippen molar-refractivity contribution < 1.29 is 18.4 Å². The summed E-state index contributed by atoms with van der Waals surface area (Å²) in [6.07, 6.45) is 0.645. The first-order valence-electron chi connectivity index (χ1n) is 5.85. The van der Waals surface area contributed by atoms with E-state index in [0.29, 0.717) is 17.8 Å². The molecule has 1 saturated heterocycles. The van der Waals surface area contributed by atoms with E-state index >= 15 is 0 Å². The summed E-state index contributed by atoms with van der Waals surface area (Å²) < 4.78 is 25.8. The summed E-state index contributed by atoms with van der Waals surface area (Å²) in [5, 5.41) is 20.1. The van der Waals surface area contributed by atoms with Crippen LogP contribution in [0.15, 0.2) is 10.3 Å². The Balaban J connectivity index is 2.40. The molecular formula is C10H13ClN2O5S2. The second-order valence-electron chi connectivity index (χ2n) is 4.61. The molecule has 10 heteroatoms. The molecule has 2 unspecified atom stereocenters. The summed E-state index contributed by atoms with van der Waals surface area (Å²) >= 11 is 6.36. The first kappa shape index (κ1) is 15.6. The quantitative estimate of drug-likeness (QED) is 0.664. The molecule has 112 valence electrons. The van der Waals surface area contributed by atoms with Gasteiger partial charge in [0, 0.05) is 12.6 Å². The van der Waals surface area contributed by atoms with E-state index < -0.39 is 26.7 Å². The van der Waals surface area contributed by atoms with E-state index in [1.165, 1.54) is 4.31 Å². The van der Waals surface area contributed by atoms with Gasteiger partial charge in [-0.15, -0.1) is 11.3 Å². The van der Waals surface area contributed by atoms with Gasteiger partial charge in [-0.25, -0.2) is 8.42 Å². The van der Waals surface area contributed by atoms with Crippen LogP contribution in [0.2, 0.25) is 4.34 Å². The molecule has 2 atom stereocenters. The van der Waals surface area contributed by atoms with Gasteiger partial charge in [0.1, 0.15) is 4.21 Å². The molecule has 0 saturated carbocycles. The lowest BCUT2D eigenvalue weighted by Gasteiger charge is -2.23. The first-order valence-corrected chi connectivity index (χ1v) is 8.49. The largest absolute Gasteiger partial charge is 0.395 e. The Morgan fingerprint density at radius 1 is 1.65 bits per heavy atom. The number of sulfonamides is 1. The Morgan fingerprint density at radius 2 is 2.30 bits per heavy atom. The number of thiophene rings is 1. The van der Waals surface area contributed by atoms with Gasteiger partial charge in [-0.2, -0.15) is 4.31 Å². The van der Waals surface area contributed by atoms with Crippen LogP contribution >= 0.6 is 22.9 Å². The van der Waals surface area contributed by atoms with Crippen LogP contribution in [0, 0.1) is 16.0 Å². The van der Waals surface area contributed by atoms with Crippen molar-refractivity contribution >= 4 is 38.6 Å². The average molecular weight is 341 g/mol. The molecule has 0 radical (unpaired) electrons. The lowest BCUT2D eigenvalue weighted by atomic mass is 10.0. The molecule has 20 heavy (non-hydrogen) atoms. The van der Waals surface area contributed by atoms with Crippen molar-refractivity contribution in [2.24, 2.45) is 5.92 Å². The Kier molecular flexibility index (Phi) is 4.35. The fourth-order valence-electron chi connectivity index (χ4n) is 2.25. The first-order chi connectivity index (χ1) is 9.28. The van der Waals surface area contributed by atoms with Crippen molar-refractivity contribution in [3.05, 3.63) is 20.5 Å². The van der Waals surface area contributed by atoms with E-state index in [1.54, 1.807) is 0 Å². The Labute approximate surface area is 125 Å². The van der Waals surface area contributed by atoms with E-state index in [4.69, 9.17) is 11.6 Å². The van der Waals surface area contributed by atoms with Crippen LogP contribution in [0.25, 0.3) is 0 Å². The highest BCUT2D eigenvalue weighted by molar-refractivity contribution is 7.91. The second kappa shape index (κ2) is 5.57. The Hall–Kier alpha value is -0.740. The number of rotatable bonds is 4. The van der Waals surface area contributed by atoms with Gasteiger partial charge in [-0.1, -0.05) is 18.5 Å². The molecule has 7 nitrogen and oxygen atoms in total. The molecule has 1 fully saturated rings. The summed E-state index contributed by atoms with van der Waals surface area (Å²) in [7, 11) is -3.87. The number of nitrogens with zero attached hydrogens (tertiary/aromatic N) is 2. The molecule has 2 heterocycles. The monoisotopic (exact) mass is 340 g/mol. The number of aliphatic hydroxyl groups excluding tert-OH is 1. The SMILES string of the molecule is CC1CCN(S(=O)(=O)c2cc([N+](=O)[O-])c(Cl)s2)C1CO. The van der Waals surface area contributed by atoms with Crippen molar-refractivity contribution in [1.29, 1.82) is 0 Å². The van der Waals surface area contributed by atoms with E-state index in [-0.39, 0.29) is 27.6 Å². The molecule has 1 aliphatic rings. The summed E-state index contributed by atoms with van der Waals surface area (Å²) in [6.45, 7) is 1.87. The van der Waals surface area contributed by atoms with Crippen molar-refractivity contribution in [2.75, 3.05) is 13.2 Å². The van der Waals surface area contributed by atoms with Gasteiger partial charge in [-0.3, -0.25) is 10.1 Å². The van der Waals surface area contributed by atoms with Gasteiger partial charge >= 0.3 is 0 Å². The normalized spacial score (nSPS) is 24.1. The van der Waals surface area contributed by atoms with Crippen molar-refractivity contribution in [1.82, 2.24) is 4.31 Å². The number of nitro groups is 1. The molecule has 2 rings (SSSR count). The molecule has 0 bridgehead atoms. The summed E-state index contributed by atoms with van der Waals surface area (Å²) in [4.78, 5) is 10.0. The second-order valence-corrected chi connectivity index (χ2v) is 8.38. The van der Waals surface area contributed by atoms with Crippen molar-refractivity contribution in [2.45, 2.75) is 23.6 Å². The average Bonchev–Trinajstić information content (AvgIpc) is 2.92. The molecule has 0 spiro atoms. The number of hydrogen-bond donors (Lipinski definition) is 1. The third-order valence-corrected chi connectivity index (χ3v) is 7.14. The van der Waals surface area contributed by atoms with E-state index in [0.717, 1.165) is 6.07 Å². The molecule has 0 aliphatic carbocycles. The van der Waals surface area contributed by atoms with Crippen LogP contribution in [0.3, 0.4) is 0 Å². The van der Waals surface area contributed by atoms with Crippen molar-refractivity contribution in [3.8, 4) is 0 Å². The maximum Gasteiger partial charge on any atom is 0.300 e. The zero-order chi connectivity index (χ0) is 15.1. The minimum atomic E-state index is -3.87. The predicted molar refractivity (Wildman–Crippen MR) is 74.5 cm³/mol. The lowest BCUT2D eigenvalue weighted by Crippen LogP contribution is -2.39. The molecule has 0 amide bonds. The summed E-state index contributed by atoms with van der Waals surface area (Å²) in [6, 6.07) is 0.472. The van der Waals surface area contributed by atoms with Crippen LogP contribution in [0.5, 0.6) is 0 Å². The summed E-state index contributed by atoms with van der Waals surface area (Å²) in [5.74, 6) is 0.0418. The van der Waals surface area contributed by atoms with Crippen LogP contribution in [-0.2, 0) is 10.0 Å². The Morgan fingerprint density at radius 3 is 2.80 bits per heavy atom. The number of halogens is 1. The van der Waals surface area contributed by atoms with Gasteiger partial charge in [-0.05, 0) is 12.3 Å². The third-order valence-electron chi connectivity index (χ3n) is 3.42. The molecular weight excluding hydrogens is 328 g/mol. The molecule has 0 aromatic carbocycles. The third kappa shape index (κ3) is 2.56. The molecule has 1 N–H and O–H groups in total. The van der Waals surface area contributed by atoms with Crippen LogP contribution in [0.4, 0.5) is 5.69 Å². The smallest absolute Gasteiger partial charge is 0.300 e. The van der Waals surface area contributed by atoms with E-state index in [1.807, 2.05) is 6.92 Å². The maximum atomic E-state index is 12.5. The van der Waals surface area contributed by atoms with Crippen LogP contribution < -0.4 is 0 Å². The molecule has 1 aromatic rings. The van der Waals surface area contributed by atoms with Crippen molar-refractivity contribution in [3.63, 3.8) is 0 Å². The fraction of sp³-hybridized carbons (Fsp3) is 0.600. The van der Waals surface area contributed by atoms with Gasteiger partial charge in [0.05, 0.1) is 17.6 Å². The minimum Gasteiger partial charge on any atom is -0.395 e. The minimum absolute atomic E-state index is 0.0418. The van der Waals surface area contributed by atoms with Crippen LogP contribution in [-0.4, -0.2) is 41.9 Å². The highest BCUT2D eigenvalue weighted by Gasteiger charge is 2.40. The van der Waals surface area contributed by atoms with Gasteiger partial charge in [0.2, 0.25) is 0 Å². The highest BCUT2D eigenvalue weighted by atomic mass is 35.5. The predicted octanol–water partition coefficient (Wildman–Crippen LogP) is 1.70. The number of hydrogen-bond acceptors (Lipinski definition) is 6. The van der Waals surface area contributed by atoms with E-state index in [2.05, 4.69) is 0 Å². The highest BCUT2D eigenvalue weighted by Crippen LogP contribution is 2.39. The maximum absolute atomic E-state index is 12.5. The number of aliphatic hydroxyl groups is 1. The van der Waals surface area contributed by atoms with E-state index in [9.17, 15) is 23.6 Å².